The molecule has 0 bridgehead atoms. The molecule has 1 unspecified atom stereocenters. The monoisotopic (exact) mass is 542 g/mol. The summed E-state index contributed by atoms with van der Waals surface area (Å²) in [6.07, 6.45) is 10.4. The van der Waals surface area contributed by atoms with Crippen molar-refractivity contribution in [2.75, 3.05) is 18.0 Å². The number of benzene rings is 2. The minimum Gasteiger partial charge on any atom is -0.371 e. The van der Waals surface area contributed by atoms with E-state index in [2.05, 4.69) is 80.6 Å². The zero-order valence-electron chi connectivity index (χ0n) is 25.5. The molecule has 3 aromatic rings. The van der Waals surface area contributed by atoms with Gasteiger partial charge in [-0.15, -0.1) is 0 Å². The van der Waals surface area contributed by atoms with Gasteiger partial charge in [0.25, 0.3) is 0 Å². The third kappa shape index (κ3) is 4.19. The second-order valence-corrected chi connectivity index (χ2v) is 14.8. The van der Waals surface area contributed by atoms with Crippen molar-refractivity contribution in [2.24, 2.45) is 11.3 Å². The number of hydrogen-bond donors (Lipinski definition) is 1. The maximum atomic E-state index is 8.13. The highest BCUT2D eigenvalue weighted by molar-refractivity contribution is 5.83. The van der Waals surface area contributed by atoms with E-state index in [0.29, 0.717) is 17.4 Å². The number of H-pyrrole nitrogens is 1. The van der Waals surface area contributed by atoms with Gasteiger partial charge in [-0.1, -0.05) is 65.8 Å². The van der Waals surface area contributed by atoms with Crippen LogP contribution in [0.4, 0.5) is 5.69 Å². The molecule has 0 saturated heterocycles. The van der Waals surface area contributed by atoms with Gasteiger partial charge >= 0.3 is 0 Å². The summed E-state index contributed by atoms with van der Waals surface area (Å²) in [7, 11) is 0. The average Bonchev–Trinajstić information content (AvgIpc) is 3.35. The molecular weight excluding hydrogens is 500 g/mol. The Kier molecular flexibility index (Phi) is 5.75. The zero-order valence-corrected chi connectivity index (χ0v) is 25.5. The van der Waals surface area contributed by atoms with Crippen molar-refractivity contribution in [1.29, 1.82) is 0 Å². The summed E-state index contributed by atoms with van der Waals surface area (Å²) in [5.41, 5.74) is 12.9. The Balaban J connectivity index is 1.36. The molecule has 1 aromatic heterocycles. The summed E-state index contributed by atoms with van der Waals surface area (Å²) in [6.45, 7) is 25.0. The number of rotatable bonds is 2. The van der Waals surface area contributed by atoms with E-state index in [1.165, 1.54) is 59.5 Å². The lowest BCUT2D eigenvalue weighted by molar-refractivity contribution is 0.228. The van der Waals surface area contributed by atoms with E-state index in [9.17, 15) is 0 Å². The lowest BCUT2D eigenvalue weighted by Gasteiger charge is -2.48. The van der Waals surface area contributed by atoms with Gasteiger partial charge in [0.05, 0.1) is 17.6 Å². The molecule has 4 heteroatoms. The smallest absolute Gasteiger partial charge is 0.231 e. The minimum absolute atomic E-state index is 0.0791. The van der Waals surface area contributed by atoms with Gasteiger partial charge in [0, 0.05) is 18.8 Å². The van der Waals surface area contributed by atoms with Crippen LogP contribution in [0.3, 0.4) is 0 Å². The van der Waals surface area contributed by atoms with E-state index < -0.39 is 0 Å². The number of imidazole rings is 1. The number of hydrogen-bond acceptors (Lipinski definition) is 2. The molecule has 4 aliphatic rings. The Morgan fingerprint density at radius 1 is 0.976 bits per heavy atom. The number of aromatic nitrogens is 2. The highest BCUT2D eigenvalue weighted by atomic mass is 15.2. The van der Waals surface area contributed by atoms with Gasteiger partial charge in [0.2, 0.25) is 5.70 Å². The van der Waals surface area contributed by atoms with Gasteiger partial charge in [-0.05, 0) is 112 Å². The summed E-state index contributed by atoms with van der Waals surface area (Å²) < 4.78 is 0. The van der Waals surface area contributed by atoms with E-state index in [4.69, 9.17) is 11.6 Å². The van der Waals surface area contributed by atoms with Crippen LogP contribution in [0.25, 0.3) is 27.1 Å². The SMILES string of the molecule is [C-]#[N+]C(=C1C=C2C=C(c3cc4c5c(c3)C(C)(C)CCN5CCC4(C)C)CCC2C(C)(C)C1)c1nc2ccccc2[nH]1. The molecule has 0 amide bonds. The molecule has 7 rings (SSSR count). The molecule has 0 radical (unpaired) electrons. The standard InChI is InChI=1S/C37H42N4/c1-35(2)14-16-41-17-15-36(3,4)29-21-24(20-28(35)33(29)41)23-12-13-27-25(18-23)19-26(22-37(27,5)6)32(38-7)34-39-30-10-8-9-11-31(30)40-34/h8-11,18-21,27H,12-17,22H2,1-6H3,(H,39,40). The van der Waals surface area contributed by atoms with Crippen molar-refractivity contribution in [3.63, 3.8) is 0 Å². The van der Waals surface area contributed by atoms with Crippen LogP contribution in [0.2, 0.25) is 0 Å². The first-order valence-corrected chi connectivity index (χ1v) is 15.4. The van der Waals surface area contributed by atoms with Crippen molar-refractivity contribution in [3.05, 3.63) is 93.6 Å². The Morgan fingerprint density at radius 2 is 1.66 bits per heavy atom. The lowest BCUT2D eigenvalue weighted by atomic mass is 9.62. The normalized spacial score (nSPS) is 25.0. The number of nitrogens with zero attached hydrogens (tertiary/aromatic N) is 3. The van der Waals surface area contributed by atoms with E-state index in [0.717, 1.165) is 35.9 Å². The van der Waals surface area contributed by atoms with E-state index >= 15 is 0 Å². The van der Waals surface area contributed by atoms with Crippen molar-refractivity contribution < 1.29 is 0 Å². The molecule has 3 heterocycles. The van der Waals surface area contributed by atoms with Crippen LogP contribution in [0, 0.1) is 17.9 Å². The molecular formula is C37H42N4. The maximum absolute atomic E-state index is 8.13. The fourth-order valence-corrected chi connectivity index (χ4v) is 8.04. The first-order valence-electron chi connectivity index (χ1n) is 15.4. The van der Waals surface area contributed by atoms with Crippen molar-refractivity contribution in [2.45, 2.75) is 84.5 Å². The fraction of sp³-hybridized carbons (Fsp3) is 0.459. The molecule has 0 spiro atoms. The molecule has 4 nitrogen and oxygen atoms in total. The van der Waals surface area contributed by atoms with Crippen LogP contribution in [-0.2, 0) is 10.8 Å². The number of para-hydroxylation sites is 2. The number of anilines is 1. The maximum Gasteiger partial charge on any atom is 0.231 e. The van der Waals surface area contributed by atoms with E-state index in [-0.39, 0.29) is 16.2 Å². The third-order valence-electron chi connectivity index (χ3n) is 10.7. The summed E-state index contributed by atoms with van der Waals surface area (Å²) >= 11 is 0. The molecule has 1 atom stereocenters. The summed E-state index contributed by atoms with van der Waals surface area (Å²) in [6, 6.07) is 13.1. The fourth-order valence-electron chi connectivity index (χ4n) is 8.04. The largest absolute Gasteiger partial charge is 0.371 e. The van der Waals surface area contributed by atoms with Crippen LogP contribution in [0.5, 0.6) is 0 Å². The Morgan fingerprint density at radius 3 is 2.32 bits per heavy atom. The lowest BCUT2D eigenvalue weighted by Crippen LogP contribution is -2.44. The summed E-state index contributed by atoms with van der Waals surface area (Å²) in [4.78, 5) is 14.9. The Bertz CT molecular complexity index is 1640. The molecule has 210 valence electrons. The van der Waals surface area contributed by atoms with Gasteiger partial charge in [-0.25, -0.2) is 9.83 Å². The number of nitrogens with one attached hydrogen (secondary N) is 1. The number of allylic oxidation sites excluding steroid dienone is 5. The predicted octanol–water partition coefficient (Wildman–Crippen LogP) is 9.21. The second kappa shape index (κ2) is 8.96. The second-order valence-electron chi connectivity index (χ2n) is 14.8. The highest BCUT2D eigenvalue weighted by Crippen LogP contribution is 2.53. The molecule has 0 fully saturated rings. The molecule has 0 saturated carbocycles. The summed E-state index contributed by atoms with van der Waals surface area (Å²) in [5, 5.41) is 0. The molecule has 2 aliphatic carbocycles. The number of fused-ring (bicyclic) bond motifs is 2. The van der Waals surface area contributed by atoms with Gasteiger partial charge in [0.15, 0.2) is 0 Å². The van der Waals surface area contributed by atoms with Crippen LogP contribution in [0.15, 0.2) is 59.7 Å². The average molecular weight is 543 g/mol. The minimum atomic E-state index is 0.0791. The molecule has 1 N–H and O–H groups in total. The molecule has 41 heavy (non-hydrogen) atoms. The van der Waals surface area contributed by atoms with Crippen LogP contribution < -0.4 is 4.90 Å². The Hall–Kier alpha value is -3.58. The zero-order chi connectivity index (χ0) is 28.7. The first-order chi connectivity index (χ1) is 19.5. The van der Waals surface area contributed by atoms with Crippen LogP contribution in [-0.4, -0.2) is 23.1 Å². The predicted molar refractivity (Wildman–Crippen MR) is 171 cm³/mol. The topological polar surface area (TPSA) is 36.3 Å². The van der Waals surface area contributed by atoms with E-state index in [1.54, 1.807) is 0 Å². The van der Waals surface area contributed by atoms with Gasteiger partial charge in [0.1, 0.15) is 5.82 Å². The van der Waals surface area contributed by atoms with Crippen molar-refractivity contribution in [1.82, 2.24) is 9.97 Å². The van der Waals surface area contributed by atoms with Gasteiger partial charge in [-0.2, -0.15) is 0 Å². The van der Waals surface area contributed by atoms with Crippen molar-refractivity contribution in [3.8, 4) is 0 Å². The van der Waals surface area contributed by atoms with Crippen molar-refractivity contribution >= 4 is 28.0 Å². The highest BCUT2D eigenvalue weighted by Gasteiger charge is 2.42. The van der Waals surface area contributed by atoms with Crippen LogP contribution >= 0.6 is 0 Å². The van der Waals surface area contributed by atoms with Gasteiger partial charge < -0.3 is 9.88 Å². The first kappa shape index (κ1) is 26.3. The van der Waals surface area contributed by atoms with Gasteiger partial charge in [-0.3, -0.25) is 0 Å². The molecule has 2 aromatic carbocycles. The van der Waals surface area contributed by atoms with Crippen LogP contribution in [0.1, 0.15) is 96.2 Å². The van der Waals surface area contributed by atoms with E-state index in [1.807, 2.05) is 24.3 Å². The Labute approximate surface area is 245 Å². The third-order valence-corrected chi connectivity index (χ3v) is 10.7. The quantitative estimate of drug-likeness (QED) is 0.328. The molecule has 2 aliphatic heterocycles. The number of aromatic amines is 1. The summed E-state index contributed by atoms with van der Waals surface area (Å²) in [5.74, 6) is 1.18.